The van der Waals surface area contributed by atoms with Crippen LogP contribution in [0.4, 0.5) is 0 Å². The Bertz CT molecular complexity index is 540. The highest BCUT2D eigenvalue weighted by atomic mass is 35.5. The lowest BCUT2D eigenvalue weighted by atomic mass is 9.98. The van der Waals surface area contributed by atoms with E-state index in [1.807, 2.05) is 26.1 Å². The summed E-state index contributed by atoms with van der Waals surface area (Å²) in [6.45, 7) is 4.27. The Morgan fingerprint density at radius 1 is 1.29 bits per heavy atom. The minimum absolute atomic E-state index is 0. The van der Waals surface area contributed by atoms with Crippen LogP contribution in [0.3, 0.4) is 0 Å². The van der Waals surface area contributed by atoms with E-state index in [1.165, 1.54) is 0 Å². The lowest BCUT2D eigenvalue weighted by Gasteiger charge is -2.31. The molecule has 1 saturated heterocycles. The Morgan fingerprint density at radius 2 is 1.95 bits per heavy atom. The Balaban J connectivity index is 0.00000220. The van der Waals surface area contributed by atoms with Crippen molar-refractivity contribution >= 4 is 22.4 Å². The molecule has 1 aliphatic heterocycles. The Hall–Kier alpha value is -0.620. The summed E-state index contributed by atoms with van der Waals surface area (Å²) >= 11 is 0. The van der Waals surface area contributed by atoms with Crippen molar-refractivity contribution in [2.75, 3.05) is 26.7 Å². The first-order valence-corrected chi connectivity index (χ1v) is 8.75. The van der Waals surface area contributed by atoms with Crippen LogP contribution in [-0.4, -0.2) is 39.4 Å². The molecule has 0 bridgehead atoms. The standard InChI is InChI=1S/C15H24N2O2S.ClH/c1-3-13-5-4-6-15(11-13)20(18,19)17-9-7-14(8-10-17)12-16-2;/h4-6,11,14,16H,3,7-10,12H2,1-2H3;1H. The number of nitrogens with one attached hydrogen (secondary N) is 1. The van der Waals surface area contributed by atoms with Crippen LogP contribution < -0.4 is 5.32 Å². The van der Waals surface area contributed by atoms with Gasteiger partial charge in [0, 0.05) is 13.1 Å². The molecule has 0 amide bonds. The van der Waals surface area contributed by atoms with Crippen molar-refractivity contribution in [3.8, 4) is 0 Å². The molecule has 2 rings (SSSR count). The van der Waals surface area contributed by atoms with Crippen LogP contribution in [0.15, 0.2) is 29.2 Å². The van der Waals surface area contributed by atoms with E-state index in [-0.39, 0.29) is 12.4 Å². The molecule has 1 aromatic rings. The van der Waals surface area contributed by atoms with Gasteiger partial charge in [-0.3, -0.25) is 0 Å². The second-order valence-corrected chi connectivity index (χ2v) is 7.34. The molecule has 4 nitrogen and oxygen atoms in total. The Kier molecular flexibility index (Phi) is 7.13. The average Bonchev–Trinajstić information content (AvgIpc) is 2.48. The van der Waals surface area contributed by atoms with Gasteiger partial charge in [0.1, 0.15) is 0 Å². The zero-order valence-corrected chi connectivity index (χ0v) is 14.3. The third-order valence-corrected chi connectivity index (χ3v) is 5.91. The number of halogens is 1. The smallest absolute Gasteiger partial charge is 0.243 e. The number of aryl methyl sites for hydroxylation is 1. The lowest BCUT2D eigenvalue weighted by Crippen LogP contribution is -2.40. The van der Waals surface area contributed by atoms with Gasteiger partial charge in [-0.05, 0) is 56.5 Å². The molecule has 1 aliphatic rings. The van der Waals surface area contributed by atoms with E-state index in [9.17, 15) is 8.42 Å². The van der Waals surface area contributed by atoms with Gasteiger partial charge in [0.25, 0.3) is 0 Å². The maximum Gasteiger partial charge on any atom is 0.243 e. The predicted molar refractivity (Wildman–Crippen MR) is 88.5 cm³/mol. The molecule has 6 heteroatoms. The molecule has 0 spiro atoms. The van der Waals surface area contributed by atoms with Crippen LogP contribution in [0.2, 0.25) is 0 Å². The number of hydrogen-bond acceptors (Lipinski definition) is 3. The van der Waals surface area contributed by atoms with Gasteiger partial charge in [0.2, 0.25) is 10.0 Å². The minimum atomic E-state index is -3.32. The molecule has 0 aromatic heterocycles. The molecule has 0 atom stereocenters. The van der Waals surface area contributed by atoms with E-state index < -0.39 is 10.0 Å². The van der Waals surface area contributed by atoms with Crippen molar-refractivity contribution in [2.24, 2.45) is 5.92 Å². The Labute approximate surface area is 134 Å². The van der Waals surface area contributed by atoms with Crippen LogP contribution in [0.5, 0.6) is 0 Å². The third-order valence-electron chi connectivity index (χ3n) is 4.01. The van der Waals surface area contributed by atoms with E-state index >= 15 is 0 Å². The maximum absolute atomic E-state index is 12.6. The van der Waals surface area contributed by atoms with Gasteiger partial charge in [0.15, 0.2) is 0 Å². The number of benzene rings is 1. The SMILES string of the molecule is CCc1cccc(S(=O)(=O)N2CCC(CNC)CC2)c1.Cl. The number of rotatable bonds is 5. The summed E-state index contributed by atoms with van der Waals surface area (Å²) in [5.41, 5.74) is 1.07. The van der Waals surface area contributed by atoms with Gasteiger partial charge < -0.3 is 5.32 Å². The average molecular weight is 333 g/mol. The summed E-state index contributed by atoms with van der Waals surface area (Å²) < 4.78 is 26.9. The van der Waals surface area contributed by atoms with Crippen LogP contribution in [0.1, 0.15) is 25.3 Å². The molecule has 0 unspecified atom stereocenters. The van der Waals surface area contributed by atoms with Gasteiger partial charge in [0.05, 0.1) is 4.90 Å². The summed E-state index contributed by atoms with van der Waals surface area (Å²) in [5, 5.41) is 3.17. The largest absolute Gasteiger partial charge is 0.319 e. The molecule has 1 aromatic carbocycles. The van der Waals surface area contributed by atoms with Gasteiger partial charge in [-0.15, -0.1) is 12.4 Å². The molecule has 1 fully saturated rings. The van der Waals surface area contributed by atoms with E-state index in [4.69, 9.17) is 0 Å². The molecule has 0 aliphatic carbocycles. The first kappa shape index (κ1) is 18.4. The topological polar surface area (TPSA) is 49.4 Å². The van der Waals surface area contributed by atoms with Crippen LogP contribution >= 0.6 is 12.4 Å². The van der Waals surface area contributed by atoms with Gasteiger partial charge in [-0.25, -0.2) is 8.42 Å². The van der Waals surface area contributed by atoms with Crippen LogP contribution in [-0.2, 0) is 16.4 Å². The highest BCUT2D eigenvalue weighted by molar-refractivity contribution is 7.89. The second kappa shape index (κ2) is 8.13. The van der Waals surface area contributed by atoms with Gasteiger partial charge in [-0.1, -0.05) is 19.1 Å². The summed E-state index contributed by atoms with van der Waals surface area (Å²) in [6.07, 6.45) is 2.73. The number of hydrogen-bond donors (Lipinski definition) is 1. The second-order valence-electron chi connectivity index (χ2n) is 5.41. The molecule has 0 radical (unpaired) electrons. The van der Waals surface area contributed by atoms with Crippen molar-refractivity contribution in [1.82, 2.24) is 9.62 Å². The molecule has 120 valence electrons. The first-order valence-electron chi connectivity index (χ1n) is 7.31. The van der Waals surface area contributed by atoms with Crippen molar-refractivity contribution in [3.63, 3.8) is 0 Å². The number of piperidine rings is 1. The molecule has 1 N–H and O–H groups in total. The fraction of sp³-hybridized carbons (Fsp3) is 0.600. The molecular weight excluding hydrogens is 308 g/mol. The van der Waals surface area contributed by atoms with E-state index in [0.29, 0.717) is 23.9 Å². The van der Waals surface area contributed by atoms with Gasteiger partial charge >= 0.3 is 0 Å². The van der Waals surface area contributed by atoms with E-state index in [2.05, 4.69) is 5.32 Å². The van der Waals surface area contributed by atoms with Crippen LogP contribution in [0.25, 0.3) is 0 Å². The van der Waals surface area contributed by atoms with Gasteiger partial charge in [-0.2, -0.15) is 4.31 Å². The first-order chi connectivity index (χ1) is 9.57. The lowest BCUT2D eigenvalue weighted by molar-refractivity contribution is 0.270. The predicted octanol–water partition coefficient (Wildman–Crippen LogP) is 2.29. The number of sulfonamides is 1. The summed E-state index contributed by atoms with van der Waals surface area (Å²) in [5.74, 6) is 0.591. The molecule has 21 heavy (non-hydrogen) atoms. The van der Waals surface area contributed by atoms with E-state index in [0.717, 1.165) is 31.4 Å². The maximum atomic E-state index is 12.6. The van der Waals surface area contributed by atoms with Crippen LogP contribution in [0, 0.1) is 5.92 Å². The highest BCUT2D eigenvalue weighted by Gasteiger charge is 2.29. The summed E-state index contributed by atoms with van der Waals surface area (Å²) in [6, 6.07) is 7.31. The zero-order valence-electron chi connectivity index (χ0n) is 12.7. The third kappa shape index (κ3) is 4.42. The van der Waals surface area contributed by atoms with Crippen molar-refractivity contribution in [2.45, 2.75) is 31.1 Å². The molecular formula is C15H25ClN2O2S. The van der Waals surface area contributed by atoms with Crippen molar-refractivity contribution in [1.29, 1.82) is 0 Å². The van der Waals surface area contributed by atoms with Crippen molar-refractivity contribution < 1.29 is 8.42 Å². The fourth-order valence-corrected chi connectivity index (χ4v) is 4.26. The monoisotopic (exact) mass is 332 g/mol. The fourth-order valence-electron chi connectivity index (χ4n) is 2.72. The Morgan fingerprint density at radius 3 is 2.52 bits per heavy atom. The van der Waals surface area contributed by atoms with E-state index in [1.54, 1.807) is 16.4 Å². The van der Waals surface area contributed by atoms with Crippen molar-refractivity contribution in [3.05, 3.63) is 29.8 Å². The highest BCUT2D eigenvalue weighted by Crippen LogP contribution is 2.24. The zero-order chi connectivity index (χ0) is 14.6. The number of nitrogens with zero attached hydrogens (tertiary/aromatic N) is 1. The normalized spacial score (nSPS) is 17.4. The summed E-state index contributed by atoms with van der Waals surface area (Å²) in [7, 11) is -1.38. The minimum Gasteiger partial charge on any atom is -0.319 e. The molecule has 0 saturated carbocycles. The molecule has 1 heterocycles. The quantitative estimate of drug-likeness (QED) is 0.900. The summed E-state index contributed by atoms with van der Waals surface area (Å²) in [4.78, 5) is 0.434.